The van der Waals surface area contributed by atoms with Crippen molar-refractivity contribution in [3.05, 3.63) is 53.1 Å². The zero-order valence-corrected chi connectivity index (χ0v) is 14.0. The zero-order chi connectivity index (χ0) is 17.7. The number of esters is 1. The quantitative estimate of drug-likeness (QED) is 0.640. The molecule has 2 rings (SSSR count). The van der Waals surface area contributed by atoms with Crippen molar-refractivity contribution in [1.82, 2.24) is 0 Å². The molecule has 126 valence electrons. The Morgan fingerprint density at radius 1 is 1.17 bits per heavy atom. The monoisotopic (exact) mass is 348 g/mol. The fraction of sp³-hybridized carbons (Fsp3) is 0.176. The van der Waals surface area contributed by atoms with Gasteiger partial charge in [-0.1, -0.05) is 11.6 Å². The van der Waals surface area contributed by atoms with Crippen molar-refractivity contribution in [3.8, 4) is 5.75 Å². The van der Waals surface area contributed by atoms with Crippen LogP contribution in [0.2, 0.25) is 5.02 Å². The first-order valence-corrected chi connectivity index (χ1v) is 7.49. The van der Waals surface area contributed by atoms with Crippen LogP contribution in [0.5, 0.6) is 5.75 Å². The van der Waals surface area contributed by atoms with Crippen LogP contribution in [0.15, 0.2) is 42.5 Å². The van der Waals surface area contributed by atoms with Gasteiger partial charge < -0.3 is 20.5 Å². The minimum atomic E-state index is -1.00. The highest BCUT2D eigenvalue weighted by Crippen LogP contribution is 2.27. The lowest BCUT2D eigenvalue weighted by molar-refractivity contribution is -0.123. The Morgan fingerprint density at radius 3 is 2.46 bits per heavy atom. The second-order valence-corrected chi connectivity index (χ2v) is 5.44. The molecule has 3 N–H and O–H groups in total. The normalized spacial score (nSPS) is 11.5. The lowest BCUT2D eigenvalue weighted by atomic mass is 10.2. The Hall–Kier alpha value is -2.73. The smallest absolute Gasteiger partial charge is 0.338 e. The number of carbonyl (C=O) groups excluding carboxylic acids is 2. The minimum absolute atomic E-state index is 0.309. The molecule has 0 fully saturated rings. The number of ether oxygens (including phenoxy) is 2. The van der Waals surface area contributed by atoms with Gasteiger partial charge in [-0.15, -0.1) is 0 Å². The first-order valence-electron chi connectivity index (χ1n) is 7.11. The molecular formula is C17H17ClN2O4. The van der Waals surface area contributed by atoms with E-state index in [1.54, 1.807) is 30.3 Å². The molecule has 6 nitrogen and oxygen atoms in total. The Kier molecular flexibility index (Phi) is 5.65. The number of methoxy groups -OCH3 is 1. The number of nitrogens with one attached hydrogen (secondary N) is 1. The van der Waals surface area contributed by atoms with Gasteiger partial charge in [0.2, 0.25) is 0 Å². The van der Waals surface area contributed by atoms with Crippen LogP contribution in [0.3, 0.4) is 0 Å². The number of hydrogen-bond acceptors (Lipinski definition) is 5. The van der Waals surface area contributed by atoms with Crippen molar-refractivity contribution in [2.45, 2.75) is 13.0 Å². The van der Waals surface area contributed by atoms with Gasteiger partial charge in [0.1, 0.15) is 5.75 Å². The molecule has 2 aromatic carbocycles. The number of halogens is 1. The predicted octanol–water partition coefficient (Wildman–Crippen LogP) is 3.11. The predicted molar refractivity (Wildman–Crippen MR) is 92.4 cm³/mol. The molecule has 0 saturated carbocycles. The van der Waals surface area contributed by atoms with Crippen molar-refractivity contribution in [1.29, 1.82) is 0 Å². The summed E-state index contributed by atoms with van der Waals surface area (Å²) >= 11 is 5.91. The van der Waals surface area contributed by atoms with E-state index in [9.17, 15) is 9.59 Å². The van der Waals surface area contributed by atoms with Gasteiger partial charge in [-0.05, 0) is 49.4 Å². The van der Waals surface area contributed by atoms with E-state index in [1.165, 1.54) is 26.2 Å². The summed E-state index contributed by atoms with van der Waals surface area (Å²) in [5.74, 6) is -0.667. The highest BCUT2D eigenvalue weighted by atomic mass is 35.5. The molecular weight excluding hydrogens is 332 g/mol. The summed E-state index contributed by atoms with van der Waals surface area (Å²) in [6, 6.07) is 11.0. The maximum Gasteiger partial charge on any atom is 0.338 e. The summed E-state index contributed by atoms with van der Waals surface area (Å²) in [6.45, 7) is 1.47. The van der Waals surface area contributed by atoms with E-state index < -0.39 is 18.0 Å². The molecule has 2 aromatic rings. The molecule has 0 aromatic heterocycles. The number of carbonyl (C=O) groups is 2. The van der Waals surface area contributed by atoms with Crippen LogP contribution < -0.4 is 15.8 Å². The Balaban J connectivity index is 2.03. The summed E-state index contributed by atoms with van der Waals surface area (Å²) in [5, 5.41) is 3.06. The molecule has 1 amide bonds. The maximum absolute atomic E-state index is 12.2. The summed E-state index contributed by atoms with van der Waals surface area (Å²) < 4.78 is 10.3. The molecule has 0 saturated heterocycles. The van der Waals surface area contributed by atoms with E-state index >= 15 is 0 Å². The summed E-state index contributed by atoms with van der Waals surface area (Å²) in [7, 11) is 1.48. The van der Waals surface area contributed by atoms with Gasteiger partial charge in [-0.25, -0.2) is 4.79 Å². The third kappa shape index (κ3) is 4.39. The van der Waals surface area contributed by atoms with Crippen molar-refractivity contribution in [2.75, 3.05) is 18.2 Å². The molecule has 0 aliphatic rings. The number of amides is 1. The second-order valence-electron chi connectivity index (χ2n) is 5.00. The molecule has 0 spiro atoms. The number of nitrogens with two attached hydrogens (primary N) is 1. The zero-order valence-electron chi connectivity index (χ0n) is 13.2. The Bertz CT molecular complexity index is 747. The number of benzene rings is 2. The van der Waals surface area contributed by atoms with E-state index in [0.717, 1.165) is 0 Å². The highest BCUT2D eigenvalue weighted by molar-refractivity contribution is 6.31. The number of rotatable bonds is 5. The molecule has 0 aliphatic heterocycles. The van der Waals surface area contributed by atoms with Crippen LogP contribution in [-0.4, -0.2) is 25.1 Å². The lowest BCUT2D eigenvalue weighted by Gasteiger charge is -2.15. The number of hydrogen-bond donors (Lipinski definition) is 2. The van der Waals surface area contributed by atoms with E-state index in [1.807, 2.05) is 0 Å². The fourth-order valence-corrected chi connectivity index (χ4v) is 2.09. The van der Waals surface area contributed by atoms with Gasteiger partial charge in [-0.3, -0.25) is 4.79 Å². The minimum Gasteiger partial charge on any atom is -0.495 e. The Morgan fingerprint density at radius 2 is 1.83 bits per heavy atom. The maximum atomic E-state index is 12.2. The average molecular weight is 349 g/mol. The molecule has 0 radical (unpaired) electrons. The summed E-state index contributed by atoms with van der Waals surface area (Å²) in [4.78, 5) is 24.2. The number of nitrogen functional groups attached to an aromatic ring is 1. The van der Waals surface area contributed by atoms with Gasteiger partial charge in [0.15, 0.2) is 6.10 Å². The molecule has 7 heteroatoms. The van der Waals surface area contributed by atoms with Crippen LogP contribution in [0, 0.1) is 0 Å². The van der Waals surface area contributed by atoms with Crippen molar-refractivity contribution in [2.24, 2.45) is 0 Å². The third-order valence-electron chi connectivity index (χ3n) is 3.22. The van der Waals surface area contributed by atoms with E-state index in [-0.39, 0.29) is 0 Å². The van der Waals surface area contributed by atoms with Gasteiger partial charge in [0, 0.05) is 10.7 Å². The van der Waals surface area contributed by atoms with Crippen LogP contribution in [0.4, 0.5) is 11.4 Å². The van der Waals surface area contributed by atoms with Crippen LogP contribution in [0.25, 0.3) is 0 Å². The molecule has 1 atom stereocenters. The number of anilines is 2. The second kappa shape index (κ2) is 7.70. The Labute approximate surface area is 144 Å². The topological polar surface area (TPSA) is 90.6 Å². The highest BCUT2D eigenvalue weighted by Gasteiger charge is 2.20. The lowest BCUT2D eigenvalue weighted by Crippen LogP contribution is -2.30. The van der Waals surface area contributed by atoms with Crippen LogP contribution in [-0.2, 0) is 9.53 Å². The van der Waals surface area contributed by atoms with Crippen molar-refractivity contribution < 1.29 is 19.1 Å². The van der Waals surface area contributed by atoms with Crippen LogP contribution >= 0.6 is 11.6 Å². The molecule has 0 aliphatic carbocycles. The SMILES string of the molecule is COc1ccc(Cl)cc1NC(=O)[C@H](C)OC(=O)c1ccc(N)cc1. The molecule has 0 bridgehead atoms. The fourth-order valence-electron chi connectivity index (χ4n) is 1.91. The van der Waals surface area contributed by atoms with Crippen LogP contribution in [0.1, 0.15) is 17.3 Å². The van der Waals surface area contributed by atoms with Gasteiger partial charge in [-0.2, -0.15) is 0 Å². The largest absolute Gasteiger partial charge is 0.495 e. The first-order chi connectivity index (χ1) is 11.4. The molecule has 0 heterocycles. The van der Waals surface area contributed by atoms with Gasteiger partial charge >= 0.3 is 5.97 Å². The summed E-state index contributed by atoms with van der Waals surface area (Å²) in [5.41, 5.74) is 6.80. The van der Waals surface area contributed by atoms with E-state index in [2.05, 4.69) is 5.32 Å². The third-order valence-corrected chi connectivity index (χ3v) is 3.45. The van der Waals surface area contributed by atoms with E-state index in [4.69, 9.17) is 26.8 Å². The molecule has 24 heavy (non-hydrogen) atoms. The molecule has 0 unspecified atom stereocenters. The van der Waals surface area contributed by atoms with Gasteiger partial charge in [0.05, 0.1) is 18.4 Å². The van der Waals surface area contributed by atoms with E-state index in [0.29, 0.717) is 27.7 Å². The standard InChI is InChI=1S/C17H17ClN2O4/c1-10(24-17(22)11-3-6-13(19)7-4-11)16(21)20-14-9-12(18)5-8-15(14)23-2/h3-10H,19H2,1-2H3,(H,20,21)/t10-/m0/s1. The average Bonchev–Trinajstić information content (AvgIpc) is 2.55. The summed E-state index contributed by atoms with van der Waals surface area (Å²) in [6.07, 6.45) is -1.00. The van der Waals surface area contributed by atoms with Crippen molar-refractivity contribution in [3.63, 3.8) is 0 Å². The van der Waals surface area contributed by atoms with Gasteiger partial charge in [0.25, 0.3) is 5.91 Å². The van der Waals surface area contributed by atoms with Crippen molar-refractivity contribution >= 4 is 34.9 Å². The first kappa shape index (κ1) is 17.6.